The molecule has 1 heteroatoms. The van der Waals surface area contributed by atoms with Crippen LogP contribution in [-0.4, -0.2) is 11.2 Å². The summed E-state index contributed by atoms with van der Waals surface area (Å²) in [5.74, 6) is 2.47. The van der Waals surface area contributed by atoms with Gasteiger partial charge in [0.15, 0.2) is 0 Å². The molecule has 1 N–H and O–H groups in total. The van der Waals surface area contributed by atoms with Crippen molar-refractivity contribution in [2.45, 2.75) is 78.2 Å². The lowest BCUT2D eigenvalue weighted by Crippen LogP contribution is -2.35. The summed E-state index contributed by atoms with van der Waals surface area (Å²) in [5, 5.41) is 9.92. The molecule has 0 bridgehead atoms. The van der Waals surface area contributed by atoms with Crippen LogP contribution in [0.5, 0.6) is 0 Å². The van der Waals surface area contributed by atoms with Gasteiger partial charge in [-0.05, 0) is 80.1 Å². The van der Waals surface area contributed by atoms with Gasteiger partial charge in [0.05, 0.1) is 6.10 Å². The van der Waals surface area contributed by atoms with Gasteiger partial charge >= 0.3 is 0 Å². The van der Waals surface area contributed by atoms with Crippen molar-refractivity contribution in [1.29, 1.82) is 0 Å². The van der Waals surface area contributed by atoms with E-state index in [9.17, 15) is 5.11 Å². The highest BCUT2D eigenvalue weighted by molar-refractivity contribution is 5.36. The molecule has 0 aromatic carbocycles. The smallest absolute Gasteiger partial charge is 0.0583 e. The maximum atomic E-state index is 9.92. The van der Waals surface area contributed by atoms with Crippen LogP contribution in [0.25, 0.3) is 0 Å². The predicted molar refractivity (Wildman–Crippen MR) is 98.2 cm³/mol. The van der Waals surface area contributed by atoms with E-state index in [2.05, 4.69) is 39.5 Å². The van der Waals surface area contributed by atoms with Crippen LogP contribution >= 0.6 is 0 Å². The summed E-state index contributed by atoms with van der Waals surface area (Å²) in [4.78, 5) is 0. The molecule has 0 amide bonds. The minimum absolute atomic E-state index is 0.168. The van der Waals surface area contributed by atoms with Crippen LogP contribution in [0.2, 0.25) is 0 Å². The Morgan fingerprint density at radius 3 is 2.70 bits per heavy atom. The topological polar surface area (TPSA) is 20.2 Å². The molecule has 128 valence electrons. The van der Waals surface area contributed by atoms with Crippen molar-refractivity contribution >= 4 is 0 Å². The average molecular weight is 315 g/mol. The molecule has 0 aliphatic heterocycles. The second-order valence-corrected chi connectivity index (χ2v) is 8.77. The molecule has 4 atom stereocenters. The Kier molecular flexibility index (Phi) is 4.88. The molecule has 3 aliphatic rings. The van der Waals surface area contributed by atoms with Crippen molar-refractivity contribution in [2.75, 3.05) is 0 Å². The Balaban J connectivity index is 1.81. The molecule has 23 heavy (non-hydrogen) atoms. The number of hydrogen-bond acceptors (Lipinski definition) is 1. The van der Waals surface area contributed by atoms with Gasteiger partial charge in [0.1, 0.15) is 0 Å². The minimum Gasteiger partial charge on any atom is -0.393 e. The van der Waals surface area contributed by atoms with E-state index in [4.69, 9.17) is 0 Å². The van der Waals surface area contributed by atoms with E-state index < -0.39 is 0 Å². The van der Waals surface area contributed by atoms with Crippen molar-refractivity contribution < 1.29 is 5.11 Å². The molecule has 3 unspecified atom stereocenters. The Bertz CT molecular complexity index is 524. The highest BCUT2D eigenvalue weighted by Gasteiger charge is 2.49. The largest absolute Gasteiger partial charge is 0.393 e. The van der Waals surface area contributed by atoms with Gasteiger partial charge in [-0.25, -0.2) is 0 Å². The fourth-order valence-corrected chi connectivity index (χ4v) is 5.77. The minimum atomic E-state index is -0.168. The number of fused-ring (bicyclic) bond motifs is 1. The Labute approximate surface area is 142 Å². The molecule has 0 radical (unpaired) electrons. The summed E-state index contributed by atoms with van der Waals surface area (Å²) in [5.41, 5.74) is 4.70. The zero-order valence-corrected chi connectivity index (χ0v) is 15.3. The molecule has 0 aromatic heterocycles. The monoisotopic (exact) mass is 314 g/mol. The van der Waals surface area contributed by atoms with Crippen molar-refractivity contribution in [3.8, 4) is 0 Å². The van der Waals surface area contributed by atoms with Crippen LogP contribution in [0, 0.1) is 23.2 Å². The third kappa shape index (κ3) is 3.22. The fraction of sp³-hybridized carbons (Fsp3) is 0.727. The number of allylic oxidation sites excluding steroid dienone is 4. The van der Waals surface area contributed by atoms with Crippen LogP contribution in [0.4, 0.5) is 0 Å². The third-order valence-electron chi connectivity index (χ3n) is 7.03. The van der Waals surface area contributed by atoms with Gasteiger partial charge < -0.3 is 5.11 Å². The highest BCUT2D eigenvalue weighted by Crippen LogP contribution is 2.59. The summed E-state index contributed by atoms with van der Waals surface area (Å²) in [6, 6.07) is 0. The average Bonchev–Trinajstić information content (AvgIpc) is 2.86. The van der Waals surface area contributed by atoms with E-state index in [1.165, 1.54) is 43.3 Å². The number of rotatable bonds is 2. The van der Waals surface area contributed by atoms with E-state index in [1.807, 2.05) is 0 Å². The van der Waals surface area contributed by atoms with Gasteiger partial charge in [-0.3, -0.25) is 0 Å². The summed E-state index contributed by atoms with van der Waals surface area (Å²) >= 11 is 0. The van der Waals surface area contributed by atoms with E-state index in [1.54, 1.807) is 5.57 Å². The lowest BCUT2D eigenvalue weighted by atomic mass is 9.61. The van der Waals surface area contributed by atoms with Gasteiger partial charge in [0.2, 0.25) is 0 Å². The molecule has 3 rings (SSSR count). The van der Waals surface area contributed by atoms with Gasteiger partial charge in [-0.1, -0.05) is 50.6 Å². The Morgan fingerprint density at radius 1 is 1.17 bits per heavy atom. The predicted octanol–water partition coefficient (Wildman–Crippen LogP) is 5.81. The standard InChI is InChI=1S/C22H34O/c1-15(2)20-11-12-21-17(6-5-13-22(20,21)4)8-9-18-14-19(23)10-7-16(18)3/h8-9,15,19-21,23H,3,5-7,10-14H2,1-2,4H3/b17-8+,18-9-/t19?,20?,21?,22-/m1/s1. The van der Waals surface area contributed by atoms with Crippen molar-refractivity contribution in [3.63, 3.8) is 0 Å². The number of hydrogen-bond donors (Lipinski definition) is 1. The molecule has 1 nitrogen and oxygen atoms in total. The van der Waals surface area contributed by atoms with E-state index in [0.29, 0.717) is 5.41 Å². The maximum absolute atomic E-state index is 9.92. The molecule has 0 aromatic rings. The van der Waals surface area contributed by atoms with Gasteiger partial charge in [0, 0.05) is 0 Å². The summed E-state index contributed by atoms with van der Waals surface area (Å²) in [6.45, 7) is 11.6. The summed E-state index contributed by atoms with van der Waals surface area (Å²) in [6.07, 6.45) is 13.9. The molecule has 0 saturated heterocycles. The van der Waals surface area contributed by atoms with Gasteiger partial charge in [-0.15, -0.1) is 0 Å². The molecule has 3 saturated carbocycles. The first-order chi connectivity index (χ1) is 10.9. The second-order valence-electron chi connectivity index (χ2n) is 8.77. The summed E-state index contributed by atoms with van der Waals surface area (Å²) < 4.78 is 0. The molecule has 0 heterocycles. The first-order valence-corrected chi connectivity index (χ1v) is 9.67. The zero-order valence-electron chi connectivity index (χ0n) is 15.3. The lowest BCUT2D eigenvalue weighted by Gasteiger charge is -2.43. The molecule has 3 fully saturated rings. The maximum Gasteiger partial charge on any atom is 0.0583 e. The van der Waals surface area contributed by atoms with E-state index in [-0.39, 0.29) is 6.10 Å². The molecule has 0 spiro atoms. The summed E-state index contributed by atoms with van der Waals surface area (Å²) in [7, 11) is 0. The quantitative estimate of drug-likeness (QED) is 0.681. The Hall–Kier alpha value is -0.820. The van der Waals surface area contributed by atoms with Crippen LogP contribution in [-0.2, 0) is 0 Å². The molecular formula is C22H34O. The SMILES string of the molecule is C=C1CCC(O)C/C1=C/C=C1\CCC[C@@]2(C)C1CCC2C(C)C. The lowest BCUT2D eigenvalue weighted by molar-refractivity contribution is 0.104. The van der Waals surface area contributed by atoms with Crippen LogP contribution in [0.1, 0.15) is 72.1 Å². The van der Waals surface area contributed by atoms with Crippen molar-refractivity contribution in [3.05, 3.63) is 35.5 Å². The first-order valence-electron chi connectivity index (χ1n) is 9.67. The molecular weight excluding hydrogens is 280 g/mol. The van der Waals surface area contributed by atoms with E-state index >= 15 is 0 Å². The van der Waals surface area contributed by atoms with E-state index in [0.717, 1.165) is 37.0 Å². The zero-order chi connectivity index (χ0) is 16.6. The number of aliphatic hydroxyl groups excluding tert-OH is 1. The van der Waals surface area contributed by atoms with Gasteiger partial charge in [0.25, 0.3) is 0 Å². The molecule has 3 aliphatic carbocycles. The highest BCUT2D eigenvalue weighted by atomic mass is 16.3. The van der Waals surface area contributed by atoms with Crippen LogP contribution in [0.15, 0.2) is 35.5 Å². The van der Waals surface area contributed by atoms with Crippen molar-refractivity contribution in [2.24, 2.45) is 23.2 Å². The third-order valence-corrected chi connectivity index (χ3v) is 7.03. The van der Waals surface area contributed by atoms with Gasteiger partial charge in [-0.2, -0.15) is 0 Å². The van der Waals surface area contributed by atoms with Crippen molar-refractivity contribution in [1.82, 2.24) is 0 Å². The Morgan fingerprint density at radius 2 is 1.96 bits per heavy atom. The number of aliphatic hydroxyl groups is 1. The van der Waals surface area contributed by atoms with Crippen LogP contribution in [0.3, 0.4) is 0 Å². The fourth-order valence-electron chi connectivity index (χ4n) is 5.77. The van der Waals surface area contributed by atoms with Crippen LogP contribution < -0.4 is 0 Å². The normalized spacial score (nSPS) is 41.8. The first kappa shape index (κ1) is 17.0. The second kappa shape index (κ2) is 6.59.